The van der Waals surface area contributed by atoms with Crippen molar-refractivity contribution in [3.05, 3.63) is 29.8 Å². The minimum absolute atomic E-state index is 0.0105. The Morgan fingerprint density at radius 1 is 0.939 bits per heavy atom. The summed E-state index contributed by atoms with van der Waals surface area (Å²) < 4.78 is 0. The lowest BCUT2D eigenvalue weighted by Crippen LogP contribution is -2.58. The maximum Gasteiger partial charge on any atom is 0.326 e. The number of hydrogen-bond acceptors (Lipinski definition) is 8. The summed E-state index contributed by atoms with van der Waals surface area (Å²) in [6.07, 6.45) is 0.203. The number of aromatic hydroxyl groups is 1. The van der Waals surface area contributed by atoms with Gasteiger partial charge in [-0.05, 0) is 30.0 Å². The molecule has 0 aliphatic carbocycles. The molecule has 11 nitrogen and oxygen atoms in total. The number of nitrogens with two attached hydrogens (primary N) is 1. The lowest BCUT2D eigenvalue weighted by Gasteiger charge is -2.25. The molecule has 0 aliphatic heterocycles. The van der Waals surface area contributed by atoms with Crippen LogP contribution >= 0.6 is 12.6 Å². The summed E-state index contributed by atoms with van der Waals surface area (Å²) in [5, 5.41) is 35.2. The number of benzene rings is 1. The molecule has 4 atom stereocenters. The summed E-state index contributed by atoms with van der Waals surface area (Å²) in [5.41, 5.74) is 6.06. The van der Waals surface area contributed by atoms with E-state index in [2.05, 4.69) is 28.6 Å². The third kappa shape index (κ3) is 9.68. The van der Waals surface area contributed by atoms with Crippen LogP contribution in [0, 0.1) is 5.92 Å². The molecule has 3 amide bonds. The summed E-state index contributed by atoms with van der Waals surface area (Å²) in [4.78, 5) is 49.1. The fourth-order valence-electron chi connectivity index (χ4n) is 2.87. The van der Waals surface area contributed by atoms with Gasteiger partial charge in [0.1, 0.15) is 29.9 Å². The summed E-state index contributed by atoms with van der Waals surface area (Å²) in [5.74, 6) is -3.50. The number of carboxylic acid groups (broad SMARTS) is 1. The highest BCUT2D eigenvalue weighted by Crippen LogP contribution is 2.12. The van der Waals surface area contributed by atoms with Gasteiger partial charge in [-0.2, -0.15) is 12.6 Å². The number of amides is 3. The van der Waals surface area contributed by atoms with Crippen molar-refractivity contribution < 1.29 is 34.5 Å². The van der Waals surface area contributed by atoms with E-state index in [9.17, 15) is 29.4 Å². The Morgan fingerprint density at radius 2 is 1.45 bits per heavy atom. The number of carboxylic acids is 1. The number of thiol groups is 1. The third-order valence-electron chi connectivity index (χ3n) is 4.68. The highest BCUT2D eigenvalue weighted by molar-refractivity contribution is 7.80. The summed E-state index contributed by atoms with van der Waals surface area (Å²) in [7, 11) is 0. The van der Waals surface area contributed by atoms with Crippen molar-refractivity contribution in [3.8, 4) is 5.75 Å². The number of aliphatic hydroxyl groups is 1. The molecule has 0 aliphatic rings. The van der Waals surface area contributed by atoms with Crippen LogP contribution in [0.2, 0.25) is 0 Å². The van der Waals surface area contributed by atoms with Crippen LogP contribution in [-0.2, 0) is 25.6 Å². The first-order chi connectivity index (χ1) is 15.5. The van der Waals surface area contributed by atoms with E-state index in [0.29, 0.717) is 5.56 Å². The number of hydrogen-bond donors (Lipinski definition) is 8. The zero-order valence-electron chi connectivity index (χ0n) is 18.5. The maximum absolute atomic E-state index is 12.8. The quantitative estimate of drug-likeness (QED) is 0.160. The van der Waals surface area contributed by atoms with E-state index in [4.69, 9.17) is 10.8 Å². The monoisotopic (exact) mass is 484 g/mol. The molecule has 1 aromatic carbocycles. The first-order valence-corrected chi connectivity index (χ1v) is 11.0. The third-order valence-corrected chi connectivity index (χ3v) is 5.05. The largest absolute Gasteiger partial charge is 0.508 e. The standard InChI is InChI=1S/C21H32N4O7S/c1-11(2)7-15(23-18(28)14(22)9-26)19(29)25-17(10-33)20(30)24-16(21(31)32)8-12-3-5-13(27)6-4-12/h3-6,11,14-17,26-27,33H,7-10,22H2,1-2H3,(H,23,28)(H,24,30)(H,25,29)(H,31,32). The van der Waals surface area contributed by atoms with Crippen molar-refractivity contribution in [3.63, 3.8) is 0 Å². The summed E-state index contributed by atoms with van der Waals surface area (Å²) >= 11 is 4.08. The molecule has 1 rings (SSSR count). The van der Waals surface area contributed by atoms with Crippen molar-refractivity contribution in [2.24, 2.45) is 11.7 Å². The highest BCUT2D eigenvalue weighted by atomic mass is 32.1. The van der Waals surface area contributed by atoms with Crippen LogP contribution in [0.5, 0.6) is 5.75 Å². The SMILES string of the molecule is CC(C)CC(NC(=O)C(N)CO)C(=O)NC(CS)C(=O)NC(Cc1ccc(O)cc1)C(=O)O. The van der Waals surface area contributed by atoms with Crippen LogP contribution in [0.3, 0.4) is 0 Å². The van der Waals surface area contributed by atoms with Gasteiger partial charge in [0.2, 0.25) is 17.7 Å². The van der Waals surface area contributed by atoms with Crippen molar-refractivity contribution in [2.45, 2.75) is 50.9 Å². The van der Waals surface area contributed by atoms with Gasteiger partial charge >= 0.3 is 5.97 Å². The van der Waals surface area contributed by atoms with Crippen molar-refractivity contribution >= 4 is 36.3 Å². The minimum atomic E-state index is -1.28. The second-order valence-corrected chi connectivity index (χ2v) is 8.36. The fourth-order valence-corrected chi connectivity index (χ4v) is 3.13. The predicted octanol–water partition coefficient (Wildman–Crippen LogP) is -1.23. The van der Waals surface area contributed by atoms with Crippen LogP contribution < -0.4 is 21.7 Å². The minimum Gasteiger partial charge on any atom is -0.508 e. The first kappa shape index (κ1) is 28.2. The van der Waals surface area contributed by atoms with Crippen molar-refractivity contribution in [1.82, 2.24) is 16.0 Å². The Hall–Kier alpha value is -2.83. The van der Waals surface area contributed by atoms with E-state index in [1.54, 1.807) is 0 Å². The van der Waals surface area contributed by atoms with E-state index in [0.717, 1.165) is 0 Å². The zero-order chi connectivity index (χ0) is 25.1. The molecule has 33 heavy (non-hydrogen) atoms. The average Bonchev–Trinajstić information content (AvgIpc) is 2.76. The van der Waals surface area contributed by atoms with Gasteiger partial charge in [-0.1, -0.05) is 26.0 Å². The molecule has 0 fully saturated rings. The van der Waals surface area contributed by atoms with E-state index < -0.39 is 54.5 Å². The predicted molar refractivity (Wildman–Crippen MR) is 124 cm³/mol. The molecule has 0 heterocycles. The maximum atomic E-state index is 12.8. The van der Waals surface area contributed by atoms with E-state index in [-0.39, 0.29) is 30.3 Å². The molecule has 0 aromatic heterocycles. The molecule has 0 saturated carbocycles. The molecule has 0 radical (unpaired) electrons. The Bertz CT molecular complexity index is 819. The summed E-state index contributed by atoms with van der Waals surface area (Å²) in [6.45, 7) is 3.07. The highest BCUT2D eigenvalue weighted by Gasteiger charge is 2.30. The van der Waals surface area contributed by atoms with Gasteiger partial charge in [0.25, 0.3) is 0 Å². The Balaban J connectivity index is 2.87. The van der Waals surface area contributed by atoms with Crippen LogP contribution in [0.25, 0.3) is 0 Å². The normalized spacial score (nSPS) is 14.6. The van der Waals surface area contributed by atoms with Gasteiger partial charge < -0.3 is 37.0 Å². The number of phenols is 1. The van der Waals surface area contributed by atoms with Crippen molar-refractivity contribution in [1.29, 1.82) is 0 Å². The van der Waals surface area contributed by atoms with Crippen LogP contribution in [0.1, 0.15) is 25.8 Å². The van der Waals surface area contributed by atoms with Crippen LogP contribution in [0.15, 0.2) is 24.3 Å². The second kappa shape index (κ2) is 13.7. The number of carbonyl (C=O) groups excluding carboxylic acids is 3. The number of carbonyl (C=O) groups is 4. The topological polar surface area (TPSA) is 191 Å². The smallest absolute Gasteiger partial charge is 0.326 e. The molecule has 184 valence electrons. The molecule has 0 bridgehead atoms. The second-order valence-electron chi connectivity index (χ2n) is 7.99. The molecule has 12 heteroatoms. The number of phenolic OH excluding ortho intramolecular Hbond substituents is 1. The number of nitrogens with one attached hydrogen (secondary N) is 3. The van der Waals surface area contributed by atoms with Gasteiger partial charge in [0.05, 0.1) is 6.61 Å². The van der Waals surface area contributed by atoms with Crippen LogP contribution in [-0.4, -0.2) is 75.5 Å². The lowest BCUT2D eigenvalue weighted by atomic mass is 10.0. The van der Waals surface area contributed by atoms with Gasteiger partial charge in [-0.15, -0.1) is 0 Å². The lowest BCUT2D eigenvalue weighted by molar-refractivity contribution is -0.142. The summed E-state index contributed by atoms with van der Waals surface area (Å²) in [6, 6.07) is 1.20. The van der Waals surface area contributed by atoms with Gasteiger partial charge in [-0.3, -0.25) is 14.4 Å². The first-order valence-electron chi connectivity index (χ1n) is 10.4. The zero-order valence-corrected chi connectivity index (χ0v) is 19.4. The molecular formula is C21H32N4O7S. The van der Waals surface area contributed by atoms with Gasteiger partial charge in [0, 0.05) is 12.2 Å². The molecule has 8 N–H and O–H groups in total. The molecule has 4 unspecified atom stereocenters. The number of rotatable bonds is 13. The van der Waals surface area contributed by atoms with E-state index in [1.165, 1.54) is 24.3 Å². The molecule has 0 saturated heterocycles. The van der Waals surface area contributed by atoms with Crippen molar-refractivity contribution in [2.75, 3.05) is 12.4 Å². The van der Waals surface area contributed by atoms with Gasteiger partial charge in [0.15, 0.2) is 0 Å². The fraction of sp³-hybridized carbons (Fsp3) is 0.524. The molecular weight excluding hydrogens is 452 g/mol. The van der Waals surface area contributed by atoms with Gasteiger partial charge in [-0.25, -0.2) is 4.79 Å². The van der Waals surface area contributed by atoms with E-state index >= 15 is 0 Å². The van der Waals surface area contributed by atoms with E-state index in [1.807, 2.05) is 13.8 Å². The average molecular weight is 485 g/mol. The Kier molecular flexibility index (Phi) is 11.7. The Morgan fingerprint density at radius 3 is 1.94 bits per heavy atom. The molecule has 0 spiro atoms. The van der Waals surface area contributed by atoms with Crippen LogP contribution in [0.4, 0.5) is 0 Å². The Labute approximate surface area is 197 Å². The number of aliphatic carboxylic acids is 1. The molecule has 1 aromatic rings. The number of aliphatic hydroxyl groups excluding tert-OH is 1.